The lowest BCUT2D eigenvalue weighted by Gasteiger charge is -1.98. The molecule has 0 atom stereocenters. The second-order valence-corrected chi connectivity index (χ2v) is 2.68. The minimum atomic E-state index is 0.185. The van der Waals surface area contributed by atoms with E-state index in [-0.39, 0.29) is 5.76 Å². The molecule has 0 aliphatic carbocycles. The van der Waals surface area contributed by atoms with Crippen LogP contribution in [0, 0.1) is 0 Å². The van der Waals surface area contributed by atoms with Crippen molar-refractivity contribution < 1.29 is 5.11 Å². The van der Waals surface area contributed by atoms with Gasteiger partial charge in [0, 0.05) is 6.42 Å². The minimum absolute atomic E-state index is 0.185. The molecule has 0 fully saturated rings. The van der Waals surface area contributed by atoms with Crippen molar-refractivity contribution in [2.75, 3.05) is 0 Å². The van der Waals surface area contributed by atoms with Gasteiger partial charge in [-0.25, -0.2) is 4.99 Å². The van der Waals surface area contributed by atoms with Gasteiger partial charge in [-0.1, -0.05) is 17.7 Å². The van der Waals surface area contributed by atoms with Crippen molar-refractivity contribution in [3.05, 3.63) is 24.1 Å². The number of halogens is 1. The number of aliphatic hydroxyl groups is 1. The van der Waals surface area contributed by atoms with Gasteiger partial charge in [0.25, 0.3) is 0 Å². The lowest BCUT2D eigenvalue weighted by atomic mass is 10.3. The molecule has 2 nitrogen and oxygen atoms in total. The van der Waals surface area contributed by atoms with E-state index in [1.807, 2.05) is 0 Å². The molecule has 0 rings (SSSR count). The molecule has 0 aromatic carbocycles. The van der Waals surface area contributed by atoms with Gasteiger partial charge in [-0.3, -0.25) is 0 Å². The zero-order valence-electron chi connectivity index (χ0n) is 6.76. The lowest BCUT2D eigenvalue weighted by molar-refractivity contribution is 0.405. The maximum atomic E-state index is 9.06. The number of rotatable bonds is 3. The third-order valence-corrected chi connectivity index (χ3v) is 1.13. The molecule has 3 heteroatoms. The van der Waals surface area contributed by atoms with Crippen molar-refractivity contribution in [3.63, 3.8) is 0 Å². The topological polar surface area (TPSA) is 32.6 Å². The number of hydrogen-bond donors (Lipinski definition) is 1. The highest BCUT2D eigenvalue weighted by Crippen LogP contribution is 2.09. The molecule has 0 aliphatic heterocycles. The van der Waals surface area contributed by atoms with E-state index in [9.17, 15) is 0 Å². The van der Waals surface area contributed by atoms with Crippen LogP contribution in [0.3, 0.4) is 0 Å². The third-order valence-electron chi connectivity index (χ3n) is 1.04. The standard InChI is InChI=1S/C8H12ClNO/c1-4-5-8(6(2)11)10-7(3)9/h4,11H,1,5H2,2-3H3/b8-6-,10-7+. The molecule has 1 N–H and O–H groups in total. The molecular formula is C8H12ClNO. The Bertz CT molecular complexity index is 198. The summed E-state index contributed by atoms with van der Waals surface area (Å²) in [6, 6.07) is 0. The van der Waals surface area contributed by atoms with Crippen LogP contribution in [-0.2, 0) is 0 Å². The molecule has 0 aromatic rings. The largest absolute Gasteiger partial charge is 0.511 e. The molecule has 0 bridgehead atoms. The molecule has 0 aliphatic rings. The average Bonchev–Trinajstić information content (AvgIpc) is 1.86. The first-order valence-corrected chi connectivity index (χ1v) is 3.66. The zero-order chi connectivity index (χ0) is 8.85. The number of aliphatic hydroxyl groups excluding tert-OH is 1. The molecule has 0 amide bonds. The van der Waals surface area contributed by atoms with E-state index >= 15 is 0 Å². The average molecular weight is 174 g/mol. The van der Waals surface area contributed by atoms with Crippen molar-refractivity contribution in [3.8, 4) is 0 Å². The van der Waals surface area contributed by atoms with E-state index in [1.165, 1.54) is 0 Å². The molecular weight excluding hydrogens is 162 g/mol. The molecule has 0 unspecified atom stereocenters. The number of nitrogens with zero attached hydrogens (tertiary/aromatic N) is 1. The van der Waals surface area contributed by atoms with E-state index in [1.54, 1.807) is 19.9 Å². The highest BCUT2D eigenvalue weighted by Gasteiger charge is 1.96. The van der Waals surface area contributed by atoms with Crippen LogP contribution in [0.5, 0.6) is 0 Å². The molecule has 62 valence electrons. The smallest absolute Gasteiger partial charge is 0.111 e. The van der Waals surface area contributed by atoms with Crippen LogP contribution in [-0.4, -0.2) is 10.3 Å². The van der Waals surface area contributed by atoms with Crippen molar-refractivity contribution in [2.45, 2.75) is 20.3 Å². The molecule has 0 spiro atoms. The Labute approximate surface area is 71.9 Å². The van der Waals surface area contributed by atoms with Gasteiger partial charge in [0.1, 0.15) is 10.9 Å². The summed E-state index contributed by atoms with van der Waals surface area (Å²) in [5.41, 5.74) is 0.563. The van der Waals surface area contributed by atoms with Crippen molar-refractivity contribution in [2.24, 2.45) is 4.99 Å². The third kappa shape index (κ3) is 4.62. The molecule has 0 heterocycles. The Morgan fingerprint density at radius 1 is 1.64 bits per heavy atom. The first-order valence-electron chi connectivity index (χ1n) is 3.28. The van der Waals surface area contributed by atoms with Crippen molar-refractivity contribution in [1.29, 1.82) is 0 Å². The van der Waals surface area contributed by atoms with E-state index in [2.05, 4.69) is 11.6 Å². The van der Waals surface area contributed by atoms with E-state index < -0.39 is 0 Å². The summed E-state index contributed by atoms with van der Waals surface area (Å²) in [5, 5.41) is 9.47. The fourth-order valence-corrected chi connectivity index (χ4v) is 0.699. The highest BCUT2D eigenvalue weighted by molar-refractivity contribution is 6.64. The van der Waals surface area contributed by atoms with Crippen LogP contribution >= 0.6 is 11.6 Å². The Morgan fingerprint density at radius 3 is 2.45 bits per heavy atom. The molecule has 0 aromatic heterocycles. The van der Waals surface area contributed by atoms with Gasteiger partial charge in [-0.2, -0.15) is 0 Å². The molecule has 0 saturated heterocycles. The van der Waals surface area contributed by atoms with Gasteiger partial charge in [-0.15, -0.1) is 6.58 Å². The van der Waals surface area contributed by atoms with Gasteiger partial charge in [-0.05, 0) is 13.8 Å². The summed E-state index contributed by atoms with van der Waals surface area (Å²) in [4.78, 5) is 3.91. The van der Waals surface area contributed by atoms with E-state index in [4.69, 9.17) is 16.7 Å². The summed E-state index contributed by atoms with van der Waals surface area (Å²) in [7, 11) is 0. The molecule has 0 radical (unpaired) electrons. The number of allylic oxidation sites excluding steroid dienone is 2. The summed E-state index contributed by atoms with van der Waals surface area (Å²) in [5.74, 6) is 0.185. The fraction of sp³-hybridized carbons (Fsp3) is 0.375. The Hall–Kier alpha value is -0.760. The Morgan fingerprint density at radius 2 is 2.18 bits per heavy atom. The van der Waals surface area contributed by atoms with Crippen LogP contribution < -0.4 is 0 Å². The van der Waals surface area contributed by atoms with Gasteiger partial charge >= 0.3 is 0 Å². The monoisotopic (exact) mass is 173 g/mol. The second kappa shape index (κ2) is 4.97. The van der Waals surface area contributed by atoms with Crippen molar-refractivity contribution >= 4 is 16.8 Å². The quantitative estimate of drug-likeness (QED) is 0.397. The summed E-state index contributed by atoms with van der Waals surface area (Å²) >= 11 is 5.52. The number of aliphatic imine (C=N–C) groups is 1. The highest BCUT2D eigenvalue weighted by atomic mass is 35.5. The first-order chi connectivity index (χ1) is 5.07. The van der Waals surface area contributed by atoms with Crippen LogP contribution in [0.4, 0.5) is 0 Å². The second-order valence-electron chi connectivity index (χ2n) is 2.13. The van der Waals surface area contributed by atoms with Crippen LogP contribution in [0.2, 0.25) is 0 Å². The maximum Gasteiger partial charge on any atom is 0.111 e. The first kappa shape index (κ1) is 10.2. The fourth-order valence-electron chi connectivity index (χ4n) is 0.597. The number of hydrogen-bond acceptors (Lipinski definition) is 2. The normalized spacial score (nSPS) is 14.3. The van der Waals surface area contributed by atoms with Crippen molar-refractivity contribution in [1.82, 2.24) is 0 Å². The summed E-state index contributed by atoms with van der Waals surface area (Å²) in [6.07, 6.45) is 2.20. The minimum Gasteiger partial charge on any atom is -0.511 e. The molecule has 11 heavy (non-hydrogen) atoms. The molecule has 0 saturated carbocycles. The Kier molecular flexibility index (Phi) is 4.62. The van der Waals surface area contributed by atoms with Gasteiger partial charge in [0.15, 0.2) is 0 Å². The Balaban J connectivity index is 4.50. The summed E-state index contributed by atoms with van der Waals surface area (Å²) in [6.45, 7) is 6.76. The van der Waals surface area contributed by atoms with Gasteiger partial charge in [0.05, 0.1) is 5.70 Å². The van der Waals surface area contributed by atoms with Crippen LogP contribution in [0.15, 0.2) is 29.1 Å². The van der Waals surface area contributed by atoms with E-state index in [0.717, 1.165) is 0 Å². The van der Waals surface area contributed by atoms with Gasteiger partial charge in [0.2, 0.25) is 0 Å². The van der Waals surface area contributed by atoms with Gasteiger partial charge < -0.3 is 5.11 Å². The maximum absolute atomic E-state index is 9.06. The predicted molar refractivity (Wildman–Crippen MR) is 49.1 cm³/mol. The predicted octanol–water partition coefficient (Wildman–Crippen LogP) is 3.01. The van der Waals surface area contributed by atoms with Crippen LogP contribution in [0.25, 0.3) is 0 Å². The zero-order valence-corrected chi connectivity index (χ0v) is 7.52. The SMILES string of the molecule is C=CCC(/N=C(\C)Cl)=C(\C)O. The summed E-state index contributed by atoms with van der Waals surface area (Å²) < 4.78 is 0. The van der Waals surface area contributed by atoms with Crippen LogP contribution in [0.1, 0.15) is 20.3 Å². The lowest BCUT2D eigenvalue weighted by Crippen LogP contribution is -1.86. The van der Waals surface area contributed by atoms with E-state index in [0.29, 0.717) is 17.3 Å².